The summed E-state index contributed by atoms with van der Waals surface area (Å²) in [6, 6.07) is 7.92. The Hall–Kier alpha value is -0.620. The lowest BCUT2D eigenvalue weighted by Gasteiger charge is -2.17. The van der Waals surface area contributed by atoms with Crippen LogP contribution < -0.4 is 10.1 Å². The lowest BCUT2D eigenvalue weighted by molar-refractivity contribution is 0.145. The smallest absolute Gasteiger partial charge is 0.120 e. The van der Waals surface area contributed by atoms with Gasteiger partial charge in [-0.25, -0.2) is 0 Å². The van der Waals surface area contributed by atoms with Gasteiger partial charge in [-0.05, 0) is 24.6 Å². The quantitative estimate of drug-likeness (QED) is 0.682. The van der Waals surface area contributed by atoms with E-state index in [0.717, 1.165) is 16.8 Å². The Bertz CT molecular complexity index is 330. The number of hydrogen-bond donors (Lipinski definition) is 2. The van der Waals surface area contributed by atoms with Gasteiger partial charge in [0.2, 0.25) is 0 Å². The van der Waals surface area contributed by atoms with Crippen LogP contribution in [0.25, 0.3) is 0 Å². The van der Waals surface area contributed by atoms with Gasteiger partial charge < -0.3 is 19.9 Å². The first-order chi connectivity index (χ1) is 8.76. The Labute approximate surface area is 116 Å². The van der Waals surface area contributed by atoms with E-state index < -0.39 is 0 Å². The second-order valence-corrected chi connectivity index (χ2v) is 4.84. The van der Waals surface area contributed by atoms with E-state index in [0.29, 0.717) is 19.6 Å². The Morgan fingerprint density at radius 3 is 2.94 bits per heavy atom. The monoisotopic (exact) mass is 317 g/mol. The van der Waals surface area contributed by atoms with Gasteiger partial charge in [0.1, 0.15) is 12.4 Å². The summed E-state index contributed by atoms with van der Waals surface area (Å²) in [5.74, 6) is 0.844. The van der Waals surface area contributed by atoms with Gasteiger partial charge in [-0.2, -0.15) is 0 Å². The molecule has 1 rings (SSSR count). The van der Waals surface area contributed by atoms with Crippen LogP contribution in [0.2, 0.25) is 0 Å². The van der Waals surface area contributed by atoms with Crippen molar-refractivity contribution in [3.8, 4) is 5.75 Å². The van der Waals surface area contributed by atoms with Crippen molar-refractivity contribution in [2.45, 2.75) is 12.5 Å². The summed E-state index contributed by atoms with van der Waals surface area (Å²) in [5, 5.41) is 12.2. The molecule has 1 aromatic rings. The van der Waals surface area contributed by atoms with Crippen molar-refractivity contribution in [1.29, 1.82) is 0 Å². The molecule has 0 aromatic heterocycles. The van der Waals surface area contributed by atoms with Crippen molar-refractivity contribution in [2.24, 2.45) is 0 Å². The lowest BCUT2D eigenvalue weighted by atomic mass is 10.2. The molecule has 0 fully saturated rings. The Kier molecular flexibility index (Phi) is 8.00. The Balaban J connectivity index is 2.20. The molecule has 18 heavy (non-hydrogen) atoms. The lowest BCUT2D eigenvalue weighted by Crippen LogP contribution is -2.36. The fourth-order valence-corrected chi connectivity index (χ4v) is 1.97. The fraction of sp³-hybridized carbons (Fsp3) is 0.538. The molecule has 0 heterocycles. The number of ether oxygens (including phenoxy) is 2. The maximum atomic E-state index is 8.90. The molecule has 0 aliphatic rings. The number of rotatable bonds is 9. The van der Waals surface area contributed by atoms with E-state index in [4.69, 9.17) is 14.6 Å². The van der Waals surface area contributed by atoms with Crippen LogP contribution in [-0.4, -0.2) is 44.6 Å². The third kappa shape index (κ3) is 6.35. The molecule has 0 aliphatic carbocycles. The molecule has 1 unspecified atom stereocenters. The predicted octanol–water partition coefficient (Wildman–Crippen LogP) is 1.81. The highest BCUT2D eigenvalue weighted by Gasteiger charge is 2.06. The average molecular weight is 318 g/mol. The first kappa shape index (κ1) is 15.4. The van der Waals surface area contributed by atoms with Crippen molar-refractivity contribution < 1.29 is 14.6 Å². The van der Waals surface area contributed by atoms with Gasteiger partial charge in [0.15, 0.2) is 0 Å². The maximum Gasteiger partial charge on any atom is 0.120 e. The summed E-state index contributed by atoms with van der Waals surface area (Å²) in [6.45, 7) is 2.06. The summed E-state index contributed by atoms with van der Waals surface area (Å²) in [5.41, 5.74) is 0. The third-order valence-corrected chi connectivity index (χ3v) is 2.94. The molecule has 5 heteroatoms. The van der Waals surface area contributed by atoms with Crippen LogP contribution in [0.5, 0.6) is 5.75 Å². The SMILES string of the molecule is COCC(CCO)NCCOc1cccc(Br)c1. The largest absolute Gasteiger partial charge is 0.492 e. The molecule has 0 spiro atoms. The molecule has 0 amide bonds. The molecule has 1 atom stereocenters. The van der Waals surface area contributed by atoms with Gasteiger partial charge in [-0.3, -0.25) is 0 Å². The van der Waals surface area contributed by atoms with Crippen molar-refractivity contribution in [3.05, 3.63) is 28.7 Å². The molecule has 0 saturated carbocycles. The minimum atomic E-state index is 0.160. The average Bonchev–Trinajstić information content (AvgIpc) is 2.35. The highest BCUT2D eigenvalue weighted by molar-refractivity contribution is 9.10. The number of methoxy groups -OCH3 is 1. The molecule has 1 aromatic carbocycles. The number of nitrogens with one attached hydrogen (secondary N) is 1. The molecule has 0 aliphatic heterocycles. The van der Waals surface area contributed by atoms with Gasteiger partial charge in [0.25, 0.3) is 0 Å². The molecule has 102 valence electrons. The van der Waals surface area contributed by atoms with E-state index in [9.17, 15) is 0 Å². The standard InChI is InChI=1S/C13H20BrNO3/c1-17-10-12(5-7-16)15-6-8-18-13-4-2-3-11(14)9-13/h2-4,9,12,15-16H,5-8,10H2,1H3. The van der Waals surface area contributed by atoms with E-state index in [-0.39, 0.29) is 12.6 Å². The second kappa shape index (κ2) is 9.33. The van der Waals surface area contributed by atoms with E-state index in [1.165, 1.54) is 0 Å². The molecule has 0 saturated heterocycles. The van der Waals surface area contributed by atoms with Gasteiger partial charge in [0.05, 0.1) is 6.61 Å². The normalized spacial score (nSPS) is 12.4. The molecular formula is C13H20BrNO3. The van der Waals surface area contributed by atoms with E-state index in [1.807, 2.05) is 24.3 Å². The molecule has 2 N–H and O–H groups in total. The zero-order valence-electron chi connectivity index (χ0n) is 10.6. The first-order valence-corrected chi connectivity index (χ1v) is 6.77. The van der Waals surface area contributed by atoms with Crippen LogP contribution >= 0.6 is 15.9 Å². The van der Waals surface area contributed by atoms with E-state index >= 15 is 0 Å². The minimum absolute atomic E-state index is 0.160. The molecule has 4 nitrogen and oxygen atoms in total. The van der Waals surface area contributed by atoms with Crippen LogP contribution in [0.1, 0.15) is 6.42 Å². The zero-order chi connectivity index (χ0) is 13.2. The van der Waals surface area contributed by atoms with Gasteiger partial charge in [-0.1, -0.05) is 22.0 Å². The number of aliphatic hydroxyl groups is 1. The zero-order valence-corrected chi connectivity index (χ0v) is 12.1. The maximum absolute atomic E-state index is 8.90. The van der Waals surface area contributed by atoms with Crippen molar-refractivity contribution in [2.75, 3.05) is 33.5 Å². The van der Waals surface area contributed by atoms with Crippen molar-refractivity contribution in [3.63, 3.8) is 0 Å². The number of benzene rings is 1. The highest BCUT2D eigenvalue weighted by Crippen LogP contribution is 2.17. The minimum Gasteiger partial charge on any atom is -0.492 e. The topological polar surface area (TPSA) is 50.7 Å². The Morgan fingerprint density at radius 2 is 2.28 bits per heavy atom. The second-order valence-electron chi connectivity index (χ2n) is 3.92. The van der Waals surface area contributed by atoms with Gasteiger partial charge in [0, 0.05) is 30.8 Å². The van der Waals surface area contributed by atoms with Crippen LogP contribution in [0.4, 0.5) is 0 Å². The molecular weight excluding hydrogens is 298 g/mol. The predicted molar refractivity (Wildman–Crippen MR) is 75.0 cm³/mol. The summed E-state index contributed by atoms with van der Waals surface area (Å²) in [4.78, 5) is 0. The summed E-state index contributed by atoms with van der Waals surface area (Å²) >= 11 is 3.40. The summed E-state index contributed by atoms with van der Waals surface area (Å²) < 4.78 is 11.7. The van der Waals surface area contributed by atoms with Crippen LogP contribution in [0.3, 0.4) is 0 Å². The first-order valence-electron chi connectivity index (χ1n) is 5.98. The summed E-state index contributed by atoms with van der Waals surface area (Å²) in [6.07, 6.45) is 0.685. The van der Waals surface area contributed by atoms with Crippen LogP contribution in [-0.2, 0) is 4.74 Å². The van der Waals surface area contributed by atoms with Gasteiger partial charge >= 0.3 is 0 Å². The van der Waals surface area contributed by atoms with Crippen molar-refractivity contribution in [1.82, 2.24) is 5.32 Å². The third-order valence-electron chi connectivity index (χ3n) is 2.45. The summed E-state index contributed by atoms with van der Waals surface area (Å²) in [7, 11) is 1.66. The van der Waals surface area contributed by atoms with E-state index in [1.54, 1.807) is 7.11 Å². The van der Waals surface area contributed by atoms with E-state index in [2.05, 4.69) is 21.2 Å². The molecule has 0 radical (unpaired) electrons. The van der Waals surface area contributed by atoms with Crippen LogP contribution in [0.15, 0.2) is 28.7 Å². The van der Waals surface area contributed by atoms with Gasteiger partial charge in [-0.15, -0.1) is 0 Å². The number of halogens is 1. The van der Waals surface area contributed by atoms with Crippen LogP contribution in [0, 0.1) is 0 Å². The Morgan fingerprint density at radius 1 is 1.44 bits per heavy atom. The molecule has 0 bridgehead atoms. The number of hydrogen-bond acceptors (Lipinski definition) is 4. The number of aliphatic hydroxyl groups excluding tert-OH is 1. The highest BCUT2D eigenvalue weighted by atomic mass is 79.9. The van der Waals surface area contributed by atoms with Crippen molar-refractivity contribution >= 4 is 15.9 Å². The fourth-order valence-electron chi connectivity index (χ4n) is 1.59.